The average Bonchev–Trinajstić information content (AvgIpc) is 0. The van der Waals surface area contributed by atoms with Crippen molar-refractivity contribution in [1.82, 2.24) is 0 Å². The van der Waals surface area contributed by atoms with Gasteiger partial charge in [-0.05, 0) is 0 Å². The van der Waals surface area contributed by atoms with Gasteiger partial charge in [-0.3, -0.25) is 0 Å². The molecule has 0 saturated carbocycles. The molecule has 0 bridgehead atoms. The quantitative estimate of drug-likeness (QED) is 0.301. The second kappa shape index (κ2) is 22.8. The Morgan fingerprint density at radius 3 is 1.20 bits per heavy atom. The van der Waals surface area contributed by atoms with Gasteiger partial charge in [-0.2, -0.15) is 0 Å². The summed E-state index contributed by atoms with van der Waals surface area (Å²) in [4.78, 5) is 0. The van der Waals surface area contributed by atoms with Crippen LogP contribution in [0.15, 0.2) is 0 Å². The molecule has 0 spiro atoms. The van der Waals surface area contributed by atoms with E-state index in [4.69, 9.17) is 0 Å². The van der Waals surface area contributed by atoms with Crippen LogP contribution in [0.5, 0.6) is 0 Å². The number of hydrogen-bond donors (Lipinski definition) is 0. The van der Waals surface area contributed by atoms with Gasteiger partial charge in [0.15, 0.2) is 0 Å². The Kier molecular flexibility index (Phi) is 143. The van der Waals surface area contributed by atoms with Crippen molar-refractivity contribution in [3.63, 3.8) is 0 Å². The average molecular weight is 260 g/mol. The molecule has 0 aromatic heterocycles. The summed E-state index contributed by atoms with van der Waals surface area (Å²) in [5.74, 6) is 0. The van der Waals surface area contributed by atoms with Crippen molar-refractivity contribution in [3.8, 4) is 0 Å². The van der Waals surface area contributed by atoms with Gasteiger partial charge in [0.05, 0.1) is 0 Å². The van der Waals surface area contributed by atoms with E-state index in [2.05, 4.69) is 0 Å². The van der Waals surface area contributed by atoms with Crippen molar-refractivity contribution in [2.45, 2.75) is 0 Å². The summed E-state index contributed by atoms with van der Waals surface area (Å²) in [6, 6.07) is 0. The fourth-order valence-electron chi connectivity index (χ4n) is 0. The maximum absolute atomic E-state index is 0. The molecular weight excluding hydrogens is 253 g/mol. The molecule has 0 saturated heterocycles. The Labute approximate surface area is 169 Å². The molecular formula is H7CaIKMgNa. The normalized spacial score (nSPS) is 0. The Morgan fingerprint density at radius 1 is 1.20 bits per heavy atom. The van der Waals surface area contributed by atoms with Gasteiger partial charge in [-0.15, -0.1) is 24.0 Å². The predicted octanol–water partition coefficient (Wildman–Crippen LogP) is -5.46. The fourth-order valence-corrected chi connectivity index (χ4v) is 0. The molecule has 0 heterocycles. The van der Waals surface area contributed by atoms with E-state index in [1.165, 1.54) is 0 Å². The SMILES string of the molecule is I.[Ca+2].[H-].[H-].[H-].[H-].[H-].[H-].[K+].[Mg+2].[Na+]. The van der Waals surface area contributed by atoms with Crippen LogP contribution in [0, 0.1) is 0 Å². The summed E-state index contributed by atoms with van der Waals surface area (Å²) < 4.78 is 0. The maximum Gasteiger partial charge on any atom is 2.00 e. The first-order chi connectivity index (χ1) is 0. The summed E-state index contributed by atoms with van der Waals surface area (Å²) in [6.07, 6.45) is 0. The molecule has 20 valence electrons. The largest absolute Gasteiger partial charge is 2.00 e. The van der Waals surface area contributed by atoms with Crippen LogP contribution in [0.2, 0.25) is 0 Å². The van der Waals surface area contributed by atoms with E-state index < -0.39 is 0 Å². The monoisotopic (exact) mass is 260 g/mol. The topological polar surface area (TPSA) is 0 Å². The minimum absolute atomic E-state index is 0. The predicted molar refractivity (Wildman–Crippen MR) is 33.6 cm³/mol. The minimum Gasteiger partial charge on any atom is -1.00 e. The fraction of sp³-hybridized carbons (Fsp3) is 0. The van der Waals surface area contributed by atoms with Crippen LogP contribution in [-0.2, 0) is 0 Å². The zero-order valence-electron chi connectivity index (χ0n) is 9.82. The molecule has 0 radical (unpaired) electrons. The van der Waals surface area contributed by atoms with Crippen molar-refractivity contribution in [1.29, 1.82) is 0 Å². The molecule has 0 rings (SSSR count). The second-order valence-electron chi connectivity index (χ2n) is 0. The van der Waals surface area contributed by atoms with Gasteiger partial charge < -0.3 is 8.56 Å². The van der Waals surface area contributed by atoms with E-state index in [0.717, 1.165) is 0 Å². The Balaban J connectivity index is 0. The number of halogens is 1. The van der Waals surface area contributed by atoms with Crippen LogP contribution >= 0.6 is 24.0 Å². The Hall–Kier alpha value is 5.39. The molecule has 0 aliphatic carbocycles. The van der Waals surface area contributed by atoms with Crippen molar-refractivity contribution >= 4 is 84.8 Å². The van der Waals surface area contributed by atoms with Crippen molar-refractivity contribution in [2.75, 3.05) is 0 Å². The first kappa shape index (κ1) is 31.5. The van der Waals surface area contributed by atoms with Gasteiger partial charge in [-0.25, -0.2) is 0 Å². The van der Waals surface area contributed by atoms with E-state index in [9.17, 15) is 0 Å². The second-order valence-corrected chi connectivity index (χ2v) is 0. The van der Waals surface area contributed by atoms with E-state index in [1.54, 1.807) is 0 Å². The van der Waals surface area contributed by atoms with Gasteiger partial charge in [-0.1, -0.05) is 0 Å². The van der Waals surface area contributed by atoms with Crippen LogP contribution in [0.4, 0.5) is 0 Å². The smallest absolute Gasteiger partial charge is 1.00 e. The molecule has 0 unspecified atom stereocenters. The zero-order chi connectivity index (χ0) is 0. The third-order valence-corrected chi connectivity index (χ3v) is 0. The summed E-state index contributed by atoms with van der Waals surface area (Å²) in [5.41, 5.74) is 0. The Bertz CT molecular complexity index is 22.5. The summed E-state index contributed by atoms with van der Waals surface area (Å²) in [7, 11) is 0. The van der Waals surface area contributed by atoms with Gasteiger partial charge in [0.2, 0.25) is 0 Å². The number of rotatable bonds is 0. The van der Waals surface area contributed by atoms with E-state index >= 15 is 0 Å². The van der Waals surface area contributed by atoms with Crippen LogP contribution in [0.25, 0.3) is 0 Å². The Morgan fingerprint density at radius 2 is 1.20 bits per heavy atom. The molecule has 0 atom stereocenters. The van der Waals surface area contributed by atoms with Gasteiger partial charge in [0, 0.05) is 0 Å². The molecule has 0 N–H and O–H groups in total. The molecule has 0 aromatic rings. The molecule has 0 nitrogen and oxygen atoms in total. The maximum atomic E-state index is 0. The van der Waals surface area contributed by atoms with Crippen LogP contribution in [0.1, 0.15) is 8.56 Å². The molecule has 0 aromatic carbocycles. The van der Waals surface area contributed by atoms with Gasteiger partial charge in [0.1, 0.15) is 0 Å². The standard InChI is InChI=1S/Ca.HI.K.Mg.Na.6H/h;1H;;;;;;;;;/q+2;;+1;+2;+1;6*-1. The number of hydrogen-bond acceptors (Lipinski definition) is 0. The van der Waals surface area contributed by atoms with E-state index in [1.807, 2.05) is 0 Å². The summed E-state index contributed by atoms with van der Waals surface area (Å²) >= 11 is 0. The summed E-state index contributed by atoms with van der Waals surface area (Å²) in [5, 5.41) is 0. The van der Waals surface area contributed by atoms with E-state index in [0.29, 0.717) is 0 Å². The van der Waals surface area contributed by atoms with Crippen molar-refractivity contribution in [3.05, 3.63) is 0 Å². The summed E-state index contributed by atoms with van der Waals surface area (Å²) in [6.45, 7) is 0. The first-order valence-electron chi connectivity index (χ1n) is 0. The van der Waals surface area contributed by atoms with Crippen LogP contribution < -0.4 is 80.9 Å². The third-order valence-electron chi connectivity index (χ3n) is 0. The van der Waals surface area contributed by atoms with Gasteiger partial charge >= 0.3 is 142 Å². The molecule has 0 aliphatic rings. The molecule has 0 aliphatic heterocycles. The molecule has 5 heavy (non-hydrogen) atoms. The minimum atomic E-state index is 0. The van der Waals surface area contributed by atoms with Crippen molar-refractivity contribution < 1.29 is 89.5 Å². The third kappa shape index (κ3) is 17.7. The molecule has 0 fully saturated rings. The molecule has 0 amide bonds. The van der Waals surface area contributed by atoms with Crippen LogP contribution in [0.3, 0.4) is 0 Å². The van der Waals surface area contributed by atoms with E-state index in [-0.39, 0.29) is 174 Å². The zero-order valence-corrected chi connectivity index (χ0v) is 14.9. The van der Waals surface area contributed by atoms with Crippen LogP contribution in [-0.4, -0.2) is 60.8 Å². The molecule has 5 heteroatoms. The van der Waals surface area contributed by atoms with Crippen molar-refractivity contribution in [2.24, 2.45) is 0 Å². The van der Waals surface area contributed by atoms with Gasteiger partial charge in [0.25, 0.3) is 0 Å². The first-order valence-corrected chi connectivity index (χ1v) is 0.